The predicted octanol–water partition coefficient (Wildman–Crippen LogP) is 10.8. The summed E-state index contributed by atoms with van der Waals surface area (Å²) in [6.45, 7) is 2.73. The number of unbranched alkanes of at least 4 members (excludes halogenated alkanes) is 19. The summed E-state index contributed by atoms with van der Waals surface area (Å²) in [4.78, 5) is 45.8. The van der Waals surface area contributed by atoms with Gasteiger partial charge in [-0.2, -0.15) is 0 Å². The summed E-state index contributed by atoms with van der Waals surface area (Å²) in [5, 5.41) is 8.87. The van der Waals surface area contributed by atoms with Crippen LogP contribution in [0.15, 0.2) is 36.5 Å². The summed E-state index contributed by atoms with van der Waals surface area (Å²) >= 11 is 0. The van der Waals surface area contributed by atoms with Gasteiger partial charge in [0.15, 0.2) is 6.10 Å². The quantitative estimate of drug-likeness (QED) is 0.0234. The number of esters is 2. The maximum atomic E-state index is 12.6. The van der Waals surface area contributed by atoms with Gasteiger partial charge in [0, 0.05) is 12.8 Å². The molecule has 0 aliphatic heterocycles. The number of hydrogen-bond donors (Lipinski definition) is 3. The molecule has 0 radical (unpaired) electrons. The number of hydrogen-bond acceptors (Lipinski definition) is 9. The van der Waals surface area contributed by atoms with Crippen LogP contribution in [-0.2, 0) is 37.5 Å². The number of carbonyl (C=O) groups excluding carboxylic acids is 2. The molecule has 0 saturated carbocycles. The van der Waals surface area contributed by atoms with Crippen LogP contribution < -0.4 is 5.73 Å². The van der Waals surface area contributed by atoms with Crippen LogP contribution in [0.2, 0.25) is 0 Å². The lowest BCUT2D eigenvalue weighted by atomic mass is 10.1. The summed E-state index contributed by atoms with van der Waals surface area (Å²) in [6.07, 6.45) is 39.3. The number of carboxylic acids is 1. The number of aliphatic carboxylic acids is 1. The minimum atomic E-state index is -4.72. The van der Waals surface area contributed by atoms with Gasteiger partial charge in [0.2, 0.25) is 0 Å². The Kier molecular flexibility index (Phi) is 36.0. The fourth-order valence-corrected chi connectivity index (χ4v) is 6.29. The SMILES string of the molecule is CCCCCC/C=C/CCCCCCCC(=O)O[C@H](COC(=O)CCC/C=C/C/C=C/CCCCCCCCCCC)COP(=O)(O)OC[C@H](N)C(=O)O. The van der Waals surface area contributed by atoms with E-state index < -0.39 is 51.1 Å². The Balaban J connectivity index is 4.45. The van der Waals surface area contributed by atoms with E-state index in [1.54, 1.807) is 0 Å². The minimum Gasteiger partial charge on any atom is -0.480 e. The zero-order valence-corrected chi connectivity index (χ0v) is 34.7. The van der Waals surface area contributed by atoms with Crippen molar-refractivity contribution in [2.45, 2.75) is 193 Å². The van der Waals surface area contributed by atoms with Crippen molar-refractivity contribution < 1.29 is 47.5 Å². The van der Waals surface area contributed by atoms with Gasteiger partial charge in [0.25, 0.3) is 0 Å². The zero-order chi connectivity index (χ0) is 40.0. The van der Waals surface area contributed by atoms with Gasteiger partial charge in [-0.05, 0) is 64.2 Å². The van der Waals surface area contributed by atoms with Crippen LogP contribution in [-0.4, -0.2) is 59.9 Å². The molecular weight excluding hydrogens is 709 g/mol. The average molecular weight is 786 g/mol. The lowest BCUT2D eigenvalue weighted by Crippen LogP contribution is -2.34. The van der Waals surface area contributed by atoms with Crippen LogP contribution in [0.5, 0.6) is 0 Å². The predicted molar refractivity (Wildman–Crippen MR) is 217 cm³/mol. The van der Waals surface area contributed by atoms with E-state index >= 15 is 0 Å². The van der Waals surface area contributed by atoms with E-state index in [4.69, 9.17) is 24.8 Å². The van der Waals surface area contributed by atoms with E-state index in [9.17, 15) is 23.8 Å². The molecule has 1 unspecified atom stereocenters. The van der Waals surface area contributed by atoms with Gasteiger partial charge in [-0.25, -0.2) is 4.57 Å². The molecule has 0 bridgehead atoms. The third-order valence-corrected chi connectivity index (χ3v) is 9.81. The Morgan fingerprint density at radius 3 is 1.54 bits per heavy atom. The van der Waals surface area contributed by atoms with E-state index in [0.717, 1.165) is 51.4 Å². The molecule has 11 nitrogen and oxygen atoms in total. The molecule has 4 N–H and O–H groups in total. The Hall–Kier alpha value is -2.30. The summed E-state index contributed by atoms with van der Waals surface area (Å²) in [5.74, 6) is -2.45. The van der Waals surface area contributed by atoms with E-state index in [1.807, 2.05) is 6.08 Å². The van der Waals surface area contributed by atoms with Crippen LogP contribution in [0.3, 0.4) is 0 Å². The smallest absolute Gasteiger partial charge is 0.472 e. The van der Waals surface area contributed by atoms with E-state index in [1.165, 1.54) is 83.5 Å². The molecule has 3 atom stereocenters. The first-order valence-electron chi connectivity index (χ1n) is 21.0. The lowest BCUT2D eigenvalue weighted by Gasteiger charge is -2.20. The van der Waals surface area contributed by atoms with Gasteiger partial charge in [0.1, 0.15) is 12.6 Å². The maximum Gasteiger partial charge on any atom is 0.472 e. The molecule has 0 aromatic rings. The van der Waals surface area contributed by atoms with Crippen molar-refractivity contribution in [1.29, 1.82) is 0 Å². The molecule has 0 spiro atoms. The molecule has 12 heteroatoms. The van der Waals surface area contributed by atoms with Gasteiger partial charge in [-0.3, -0.25) is 23.4 Å². The third-order valence-electron chi connectivity index (χ3n) is 8.86. The van der Waals surface area contributed by atoms with Crippen LogP contribution in [0.1, 0.15) is 181 Å². The number of rotatable bonds is 39. The first kappa shape index (κ1) is 51.7. The Bertz CT molecular complexity index is 1060. The van der Waals surface area contributed by atoms with Gasteiger partial charge in [-0.15, -0.1) is 0 Å². The van der Waals surface area contributed by atoms with Crippen molar-refractivity contribution in [1.82, 2.24) is 0 Å². The third kappa shape index (κ3) is 36.7. The van der Waals surface area contributed by atoms with E-state index in [0.29, 0.717) is 19.3 Å². The molecule has 314 valence electrons. The van der Waals surface area contributed by atoms with Crippen LogP contribution in [0.4, 0.5) is 0 Å². The molecule has 0 amide bonds. The Morgan fingerprint density at radius 2 is 1.00 bits per heavy atom. The molecule has 0 aromatic carbocycles. The normalized spacial score (nSPS) is 14.1. The largest absolute Gasteiger partial charge is 0.480 e. The second kappa shape index (κ2) is 37.6. The van der Waals surface area contributed by atoms with Crippen molar-refractivity contribution in [2.24, 2.45) is 5.73 Å². The molecule has 0 aliphatic carbocycles. The van der Waals surface area contributed by atoms with Gasteiger partial charge in [0.05, 0.1) is 13.2 Å². The minimum absolute atomic E-state index is 0.142. The number of carboxylic acid groups (broad SMARTS) is 1. The Labute approximate surface area is 327 Å². The molecule has 0 aliphatic rings. The fourth-order valence-electron chi connectivity index (χ4n) is 5.51. The standard InChI is InChI=1S/C42H76NO10P/c1-3-5-7-9-11-13-15-17-18-19-20-22-23-25-27-29-31-33-40(44)50-35-38(36-51-54(48,49)52-37-39(43)42(46)47)53-41(45)34-32-30-28-26-24-21-16-14-12-10-8-6-4-2/h14,16,20,22,25,27,38-39H,3-13,15,17-19,21,23-24,26,28-37,43H2,1-2H3,(H,46,47)(H,48,49)/b16-14+,22-20+,27-25+/t38-,39+/m1/s1. The molecule has 0 heterocycles. The number of allylic oxidation sites excluding steroid dienone is 6. The van der Waals surface area contributed by atoms with Gasteiger partial charge < -0.3 is 25.2 Å². The second-order valence-corrected chi connectivity index (χ2v) is 15.6. The molecule has 54 heavy (non-hydrogen) atoms. The summed E-state index contributed by atoms with van der Waals surface area (Å²) in [6, 6.07) is -1.53. The van der Waals surface area contributed by atoms with E-state index in [-0.39, 0.29) is 19.4 Å². The fraction of sp³-hybridized carbons (Fsp3) is 0.786. The molecule has 0 saturated heterocycles. The molecule has 0 rings (SSSR count). The second-order valence-electron chi connectivity index (χ2n) is 14.1. The number of phosphoric acid groups is 1. The summed E-state index contributed by atoms with van der Waals surface area (Å²) in [5.41, 5.74) is 5.32. The topological polar surface area (TPSA) is 172 Å². The first-order valence-corrected chi connectivity index (χ1v) is 22.5. The number of ether oxygens (including phenoxy) is 2. The van der Waals surface area contributed by atoms with Crippen molar-refractivity contribution in [3.8, 4) is 0 Å². The highest BCUT2D eigenvalue weighted by atomic mass is 31.2. The maximum absolute atomic E-state index is 12.6. The zero-order valence-electron chi connectivity index (χ0n) is 33.8. The van der Waals surface area contributed by atoms with Crippen molar-refractivity contribution in [3.05, 3.63) is 36.5 Å². The van der Waals surface area contributed by atoms with Crippen molar-refractivity contribution >= 4 is 25.7 Å². The highest BCUT2D eigenvalue weighted by Gasteiger charge is 2.28. The number of phosphoric ester groups is 1. The van der Waals surface area contributed by atoms with E-state index in [2.05, 4.69) is 48.8 Å². The van der Waals surface area contributed by atoms with Crippen molar-refractivity contribution in [2.75, 3.05) is 19.8 Å². The summed E-state index contributed by atoms with van der Waals surface area (Å²) < 4.78 is 32.6. The average Bonchev–Trinajstić information content (AvgIpc) is 3.14. The number of nitrogens with two attached hydrogens (primary N) is 1. The highest BCUT2D eigenvalue weighted by Crippen LogP contribution is 2.43. The lowest BCUT2D eigenvalue weighted by molar-refractivity contribution is -0.161. The van der Waals surface area contributed by atoms with Crippen LogP contribution >= 0.6 is 7.82 Å². The molecule has 0 fully saturated rings. The first-order chi connectivity index (χ1) is 26.1. The van der Waals surface area contributed by atoms with Crippen LogP contribution in [0.25, 0.3) is 0 Å². The summed E-state index contributed by atoms with van der Waals surface area (Å²) in [7, 11) is -4.72. The Morgan fingerprint density at radius 1 is 0.574 bits per heavy atom. The van der Waals surface area contributed by atoms with Crippen molar-refractivity contribution in [3.63, 3.8) is 0 Å². The van der Waals surface area contributed by atoms with Gasteiger partial charge >= 0.3 is 25.7 Å². The highest BCUT2D eigenvalue weighted by molar-refractivity contribution is 7.47. The van der Waals surface area contributed by atoms with Crippen LogP contribution in [0, 0.1) is 0 Å². The molecular formula is C42H76NO10P. The number of carbonyl (C=O) groups is 3. The van der Waals surface area contributed by atoms with Gasteiger partial charge in [-0.1, -0.05) is 140 Å². The molecule has 0 aromatic heterocycles. The monoisotopic (exact) mass is 786 g/mol.